The minimum atomic E-state index is -3.04. The van der Waals surface area contributed by atoms with Crippen LogP contribution in [-0.4, -0.2) is 58.8 Å². The molecule has 146 valence electrons. The molecule has 0 unspecified atom stereocenters. The number of carbonyl (C=O) groups is 1. The Morgan fingerprint density at radius 1 is 1.41 bits per heavy atom. The monoisotopic (exact) mass is 409 g/mol. The molecule has 1 amide bonds. The van der Waals surface area contributed by atoms with Crippen molar-refractivity contribution in [3.63, 3.8) is 0 Å². The van der Waals surface area contributed by atoms with E-state index in [1.807, 2.05) is 38.1 Å². The lowest BCUT2D eigenvalue weighted by molar-refractivity contribution is -0.131. The lowest BCUT2D eigenvalue weighted by Crippen LogP contribution is -2.44. The van der Waals surface area contributed by atoms with Gasteiger partial charge in [-0.2, -0.15) is 0 Å². The molecule has 9 heteroatoms. The second-order valence-corrected chi connectivity index (χ2v) is 10.2. The van der Waals surface area contributed by atoms with E-state index in [-0.39, 0.29) is 23.5 Å². The van der Waals surface area contributed by atoms with Gasteiger partial charge in [-0.15, -0.1) is 10.2 Å². The predicted molar refractivity (Wildman–Crippen MR) is 104 cm³/mol. The normalized spacial score (nSPS) is 19.7. The summed E-state index contributed by atoms with van der Waals surface area (Å²) in [6, 6.07) is 7.50. The molecule has 7 nitrogen and oxygen atoms in total. The maximum atomic E-state index is 12.8. The van der Waals surface area contributed by atoms with Crippen molar-refractivity contribution in [2.75, 3.05) is 18.1 Å². The van der Waals surface area contributed by atoms with Gasteiger partial charge in [-0.3, -0.25) is 4.79 Å². The number of aromatic nitrogens is 2. The summed E-state index contributed by atoms with van der Waals surface area (Å²) in [6.45, 7) is 6.10. The minimum Gasteiger partial charge on any atom is -0.411 e. The average molecular weight is 410 g/mol. The van der Waals surface area contributed by atoms with Gasteiger partial charge in [0.15, 0.2) is 9.84 Å². The summed E-state index contributed by atoms with van der Waals surface area (Å²) in [6.07, 6.45) is 0.497. The summed E-state index contributed by atoms with van der Waals surface area (Å²) in [4.78, 5) is 14.5. The van der Waals surface area contributed by atoms with Crippen LogP contribution in [0.3, 0.4) is 0 Å². The van der Waals surface area contributed by atoms with Gasteiger partial charge in [-0.25, -0.2) is 8.42 Å². The molecule has 2 aromatic rings. The molecule has 1 aromatic heterocycles. The van der Waals surface area contributed by atoms with Gasteiger partial charge < -0.3 is 9.32 Å². The van der Waals surface area contributed by atoms with Crippen molar-refractivity contribution in [3.05, 3.63) is 29.8 Å². The zero-order chi connectivity index (χ0) is 19.6. The third-order valence-electron chi connectivity index (χ3n) is 4.57. The topological polar surface area (TPSA) is 93.4 Å². The molecule has 1 aliphatic rings. The van der Waals surface area contributed by atoms with Crippen molar-refractivity contribution in [2.24, 2.45) is 0 Å². The van der Waals surface area contributed by atoms with E-state index in [2.05, 4.69) is 10.2 Å². The van der Waals surface area contributed by atoms with Crippen molar-refractivity contribution in [2.45, 2.75) is 43.7 Å². The first-order valence-corrected chi connectivity index (χ1v) is 11.6. The predicted octanol–water partition coefficient (Wildman–Crippen LogP) is 2.56. The summed E-state index contributed by atoms with van der Waals surface area (Å²) in [5.74, 6) is 0.490. The van der Waals surface area contributed by atoms with Crippen LogP contribution in [0.15, 0.2) is 33.9 Å². The molecule has 1 aromatic carbocycles. The van der Waals surface area contributed by atoms with Crippen LogP contribution in [0.4, 0.5) is 0 Å². The Hall–Kier alpha value is -1.87. The van der Waals surface area contributed by atoms with Gasteiger partial charge in [0.05, 0.1) is 16.8 Å². The molecule has 0 aliphatic carbocycles. The van der Waals surface area contributed by atoms with E-state index in [4.69, 9.17) is 4.42 Å². The molecule has 1 saturated heterocycles. The van der Waals surface area contributed by atoms with Crippen molar-refractivity contribution < 1.29 is 17.6 Å². The van der Waals surface area contributed by atoms with Gasteiger partial charge in [0.25, 0.3) is 5.22 Å². The van der Waals surface area contributed by atoms with Crippen molar-refractivity contribution >= 4 is 27.5 Å². The largest absolute Gasteiger partial charge is 0.411 e. The van der Waals surface area contributed by atoms with Gasteiger partial charge >= 0.3 is 0 Å². The number of hydrogen-bond donors (Lipinski definition) is 0. The lowest BCUT2D eigenvalue weighted by Gasteiger charge is -2.28. The number of benzene rings is 1. The molecule has 0 N–H and O–H groups in total. The van der Waals surface area contributed by atoms with E-state index in [1.165, 1.54) is 11.8 Å². The van der Waals surface area contributed by atoms with Crippen LogP contribution in [0.25, 0.3) is 11.5 Å². The Morgan fingerprint density at radius 3 is 2.81 bits per heavy atom. The fourth-order valence-corrected chi connectivity index (χ4v) is 5.69. The quantitative estimate of drug-likeness (QED) is 0.677. The van der Waals surface area contributed by atoms with Gasteiger partial charge in [0.2, 0.25) is 11.8 Å². The van der Waals surface area contributed by atoms with Crippen LogP contribution in [-0.2, 0) is 14.6 Å². The van der Waals surface area contributed by atoms with E-state index < -0.39 is 15.1 Å². The second kappa shape index (κ2) is 8.02. The molecule has 1 fully saturated rings. The summed E-state index contributed by atoms with van der Waals surface area (Å²) < 4.78 is 29.2. The fourth-order valence-electron chi connectivity index (χ4n) is 3.20. The van der Waals surface area contributed by atoms with Gasteiger partial charge in [0.1, 0.15) is 0 Å². The van der Waals surface area contributed by atoms with Crippen LogP contribution in [0, 0.1) is 6.92 Å². The summed E-state index contributed by atoms with van der Waals surface area (Å²) in [5.41, 5.74) is 1.92. The molecular weight excluding hydrogens is 386 g/mol. The van der Waals surface area contributed by atoms with Gasteiger partial charge in [-0.1, -0.05) is 29.5 Å². The van der Waals surface area contributed by atoms with E-state index in [9.17, 15) is 13.2 Å². The lowest BCUT2D eigenvalue weighted by atomic mass is 10.1. The Labute approximate surface area is 163 Å². The number of nitrogens with zero attached hydrogens (tertiary/aromatic N) is 3. The number of sulfone groups is 1. The Balaban J connectivity index is 1.67. The van der Waals surface area contributed by atoms with Crippen molar-refractivity contribution in [1.29, 1.82) is 0 Å². The molecule has 1 aliphatic heterocycles. The van der Waals surface area contributed by atoms with Gasteiger partial charge in [0, 0.05) is 18.2 Å². The third-order valence-corrected chi connectivity index (χ3v) is 7.24. The van der Waals surface area contributed by atoms with E-state index in [1.54, 1.807) is 11.8 Å². The highest BCUT2D eigenvalue weighted by atomic mass is 32.2. The molecule has 2 atom stereocenters. The molecule has 0 bridgehead atoms. The van der Waals surface area contributed by atoms with Crippen LogP contribution in [0.5, 0.6) is 0 Å². The number of aryl methyl sites for hydroxylation is 1. The molecule has 2 heterocycles. The first kappa shape index (κ1) is 19.9. The molecular formula is C18H23N3O4S2. The average Bonchev–Trinajstić information content (AvgIpc) is 3.22. The molecule has 0 radical (unpaired) electrons. The van der Waals surface area contributed by atoms with Crippen LogP contribution < -0.4 is 0 Å². The summed E-state index contributed by atoms with van der Waals surface area (Å²) >= 11 is 1.19. The highest BCUT2D eigenvalue weighted by Gasteiger charge is 2.35. The third kappa shape index (κ3) is 4.70. The molecule has 27 heavy (non-hydrogen) atoms. The first-order chi connectivity index (χ1) is 12.8. The van der Waals surface area contributed by atoms with E-state index >= 15 is 0 Å². The van der Waals surface area contributed by atoms with Crippen LogP contribution >= 0.6 is 11.8 Å². The Bertz CT molecular complexity index is 926. The second-order valence-electron chi connectivity index (χ2n) is 6.68. The maximum Gasteiger partial charge on any atom is 0.277 e. The number of carbonyl (C=O) groups excluding carboxylic acids is 1. The highest BCUT2D eigenvalue weighted by Crippen LogP contribution is 2.28. The number of thioether (sulfide) groups is 1. The minimum absolute atomic E-state index is 0.0437. The van der Waals surface area contributed by atoms with Crippen LogP contribution in [0.2, 0.25) is 0 Å². The molecule has 0 saturated carbocycles. The maximum absolute atomic E-state index is 12.8. The molecule has 3 rings (SSSR count). The fraction of sp³-hybridized carbons (Fsp3) is 0.500. The number of rotatable bonds is 6. The summed E-state index contributed by atoms with van der Waals surface area (Å²) in [5, 5.41) is 7.97. The summed E-state index contributed by atoms with van der Waals surface area (Å²) in [7, 11) is -3.04. The van der Waals surface area contributed by atoms with Gasteiger partial charge in [-0.05, 0) is 39.3 Å². The van der Waals surface area contributed by atoms with E-state index in [0.29, 0.717) is 24.1 Å². The molecule has 0 spiro atoms. The van der Waals surface area contributed by atoms with Crippen molar-refractivity contribution in [3.8, 4) is 11.5 Å². The van der Waals surface area contributed by atoms with E-state index in [0.717, 1.165) is 11.1 Å². The first-order valence-electron chi connectivity index (χ1n) is 8.87. The number of amides is 1. The standard InChI is InChI=1S/C18H23N3O4S2/c1-4-21(15-8-9-27(23,24)11-15)17(22)13(3)26-18-20-19-16(25-18)14-7-5-6-12(2)10-14/h5-7,10,13,15H,4,8-9,11H2,1-3H3/t13-,15+/m0/s1. The zero-order valence-corrected chi connectivity index (χ0v) is 17.2. The number of hydrogen-bond acceptors (Lipinski definition) is 7. The van der Waals surface area contributed by atoms with Crippen LogP contribution in [0.1, 0.15) is 25.8 Å². The Morgan fingerprint density at radius 2 is 2.19 bits per heavy atom. The highest BCUT2D eigenvalue weighted by molar-refractivity contribution is 8.00. The van der Waals surface area contributed by atoms with Crippen molar-refractivity contribution in [1.82, 2.24) is 15.1 Å². The SMILES string of the molecule is CCN(C(=O)[C@H](C)Sc1nnc(-c2cccc(C)c2)o1)[C@@H]1CCS(=O)(=O)C1. The Kier molecular flexibility index (Phi) is 5.90. The smallest absolute Gasteiger partial charge is 0.277 e. The zero-order valence-electron chi connectivity index (χ0n) is 15.6.